The highest BCUT2D eigenvalue weighted by atomic mass is 32.2. The SMILES string of the molecule is Cc1c(/C=C2/SC(=S)N(c3cccc(C(=O)Nc4ccc(F)cc4)c3)C2=O)c2ccccc2n1Cc1ccc(F)cc1. The molecule has 0 aliphatic carbocycles. The molecule has 1 aliphatic heterocycles. The zero-order valence-corrected chi connectivity index (χ0v) is 23.9. The number of aromatic nitrogens is 1. The van der Waals surface area contributed by atoms with E-state index in [1.54, 1.807) is 36.4 Å². The normalized spacial score (nSPS) is 14.3. The number of nitrogens with one attached hydrogen (secondary N) is 1. The highest BCUT2D eigenvalue weighted by Crippen LogP contribution is 2.38. The first kappa shape index (κ1) is 27.6. The van der Waals surface area contributed by atoms with Crippen molar-refractivity contribution in [1.82, 2.24) is 4.57 Å². The van der Waals surface area contributed by atoms with Gasteiger partial charge in [0.1, 0.15) is 11.6 Å². The lowest BCUT2D eigenvalue weighted by Crippen LogP contribution is -2.27. The van der Waals surface area contributed by atoms with Crippen LogP contribution >= 0.6 is 24.0 Å². The lowest BCUT2D eigenvalue weighted by molar-refractivity contribution is -0.113. The predicted octanol–water partition coefficient (Wildman–Crippen LogP) is 7.93. The molecule has 4 aromatic carbocycles. The van der Waals surface area contributed by atoms with Crippen LogP contribution in [-0.4, -0.2) is 20.7 Å². The van der Waals surface area contributed by atoms with Gasteiger partial charge in [-0.05, 0) is 79.2 Å². The number of hydrogen-bond donors (Lipinski definition) is 1. The standard InChI is InChI=1S/C33H23F2N3O2S2/c1-20-28(27-7-2-3-8-29(27)37(20)19-21-9-11-23(34)12-10-21)18-30-32(40)38(33(41)42-30)26-6-4-5-22(17-26)31(39)36-25-15-13-24(35)14-16-25/h2-18H,19H2,1H3,(H,36,39)/b30-18+. The van der Waals surface area contributed by atoms with E-state index < -0.39 is 11.7 Å². The highest BCUT2D eigenvalue weighted by molar-refractivity contribution is 8.27. The van der Waals surface area contributed by atoms with Crippen molar-refractivity contribution in [2.24, 2.45) is 0 Å². The molecule has 0 unspecified atom stereocenters. The molecule has 0 radical (unpaired) electrons. The maximum absolute atomic E-state index is 13.7. The third-order valence-electron chi connectivity index (χ3n) is 7.07. The van der Waals surface area contributed by atoms with Gasteiger partial charge in [0.15, 0.2) is 4.32 Å². The van der Waals surface area contributed by atoms with Crippen LogP contribution in [0.15, 0.2) is 102 Å². The molecule has 1 saturated heterocycles. The Hall–Kier alpha value is -4.60. The quantitative estimate of drug-likeness (QED) is 0.160. The molecule has 1 aliphatic rings. The molecule has 5 nitrogen and oxygen atoms in total. The van der Waals surface area contributed by atoms with Gasteiger partial charge in [0.05, 0.1) is 10.6 Å². The molecule has 0 bridgehead atoms. The minimum absolute atomic E-state index is 0.282. The van der Waals surface area contributed by atoms with Crippen molar-refractivity contribution in [1.29, 1.82) is 0 Å². The number of rotatable bonds is 6. The summed E-state index contributed by atoms with van der Waals surface area (Å²) in [7, 11) is 0. The third-order valence-corrected chi connectivity index (χ3v) is 8.37. The van der Waals surface area contributed by atoms with Gasteiger partial charge in [-0.25, -0.2) is 8.78 Å². The van der Waals surface area contributed by atoms with Gasteiger partial charge < -0.3 is 9.88 Å². The van der Waals surface area contributed by atoms with Crippen molar-refractivity contribution < 1.29 is 18.4 Å². The number of anilines is 2. The molecule has 1 fully saturated rings. The summed E-state index contributed by atoms with van der Waals surface area (Å²) in [5.74, 6) is -1.36. The van der Waals surface area contributed by atoms with Crippen molar-refractivity contribution >= 4 is 68.5 Å². The van der Waals surface area contributed by atoms with Crippen molar-refractivity contribution in [2.75, 3.05) is 10.2 Å². The van der Waals surface area contributed by atoms with Gasteiger partial charge in [0.25, 0.3) is 11.8 Å². The summed E-state index contributed by atoms with van der Waals surface area (Å²) in [5, 5.41) is 3.72. The van der Waals surface area contributed by atoms with Crippen LogP contribution < -0.4 is 10.2 Å². The van der Waals surface area contributed by atoms with Gasteiger partial charge in [-0.1, -0.05) is 60.4 Å². The van der Waals surface area contributed by atoms with E-state index in [1.165, 1.54) is 53.1 Å². The van der Waals surface area contributed by atoms with E-state index in [1.807, 2.05) is 37.3 Å². The molecule has 6 rings (SSSR count). The lowest BCUT2D eigenvalue weighted by Gasteiger charge is -2.15. The maximum atomic E-state index is 13.7. The minimum Gasteiger partial charge on any atom is -0.340 e. The van der Waals surface area contributed by atoms with Crippen LogP contribution in [0.2, 0.25) is 0 Å². The molecule has 9 heteroatoms. The summed E-state index contributed by atoms with van der Waals surface area (Å²) in [5.41, 5.74) is 5.08. The van der Waals surface area contributed by atoms with E-state index in [2.05, 4.69) is 9.88 Å². The Bertz CT molecular complexity index is 1900. The fraction of sp³-hybridized carbons (Fsp3) is 0.0606. The molecule has 2 heterocycles. The largest absolute Gasteiger partial charge is 0.340 e. The Morgan fingerprint density at radius 2 is 1.62 bits per heavy atom. The van der Waals surface area contributed by atoms with E-state index in [0.717, 1.165) is 27.7 Å². The van der Waals surface area contributed by atoms with Gasteiger partial charge in [-0.15, -0.1) is 0 Å². The number of benzene rings is 4. The van der Waals surface area contributed by atoms with Crippen LogP contribution in [0, 0.1) is 18.6 Å². The van der Waals surface area contributed by atoms with Gasteiger partial charge in [0, 0.05) is 40.0 Å². The van der Waals surface area contributed by atoms with E-state index in [0.29, 0.717) is 32.7 Å². The molecule has 1 aromatic heterocycles. The van der Waals surface area contributed by atoms with Crippen molar-refractivity contribution in [3.05, 3.63) is 136 Å². The Labute approximate surface area is 250 Å². The Morgan fingerprint density at radius 1 is 0.929 bits per heavy atom. The number of thioether (sulfide) groups is 1. The van der Waals surface area contributed by atoms with Gasteiger partial charge in [-0.2, -0.15) is 0 Å². The zero-order chi connectivity index (χ0) is 29.4. The molecule has 5 aromatic rings. The van der Waals surface area contributed by atoms with Crippen molar-refractivity contribution in [2.45, 2.75) is 13.5 Å². The summed E-state index contributed by atoms with van der Waals surface area (Å²) in [4.78, 5) is 28.4. The number of amides is 2. The number of halogens is 2. The smallest absolute Gasteiger partial charge is 0.270 e. The maximum Gasteiger partial charge on any atom is 0.270 e. The number of hydrogen-bond acceptors (Lipinski definition) is 4. The number of carbonyl (C=O) groups excluding carboxylic acids is 2. The van der Waals surface area contributed by atoms with Crippen LogP contribution in [-0.2, 0) is 11.3 Å². The average Bonchev–Trinajstić information content (AvgIpc) is 3.42. The van der Waals surface area contributed by atoms with Crippen LogP contribution in [0.1, 0.15) is 27.2 Å². The van der Waals surface area contributed by atoms with E-state index >= 15 is 0 Å². The molecular formula is C33H23F2N3O2S2. The lowest BCUT2D eigenvalue weighted by atomic mass is 10.1. The fourth-order valence-corrected chi connectivity index (χ4v) is 6.24. The number of para-hydroxylation sites is 1. The van der Waals surface area contributed by atoms with E-state index in [-0.39, 0.29) is 11.7 Å². The van der Waals surface area contributed by atoms with Crippen LogP contribution in [0.25, 0.3) is 17.0 Å². The van der Waals surface area contributed by atoms with E-state index in [4.69, 9.17) is 12.2 Å². The van der Waals surface area contributed by atoms with Crippen molar-refractivity contribution in [3.63, 3.8) is 0 Å². The molecule has 208 valence electrons. The summed E-state index contributed by atoms with van der Waals surface area (Å²) in [6.45, 7) is 2.55. The molecular weight excluding hydrogens is 573 g/mol. The summed E-state index contributed by atoms with van der Waals surface area (Å²) in [6.07, 6.45) is 1.86. The van der Waals surface area contributed by atoms with Gasteiger partial charge in [-0.3, -0.25) is 14.5 Å². The second-order valence-corrected chi connectivity index (χ2v) is 11.4. The molecule has 0 atom stereocenters. The monoisotopic (exact) mass is 595 g/mol. The number of nitrogens with zero attached hydrogens (tertiary/aromatic N) is 2. The predicted molar refractivity (Wildman–Crippen MR) is 169 cm³/mol. The molecule has 2 amide bonds. The van der Waals surface area contributed by atoms with Crippen LogP contribution in [0.4, 0.5) is 20.2 Å². The first-order valence-corrected chi connectivity index (χ1v) is 14.3. The number of fused-ring (bicyclic) bond motifs is 1. The molecule has 0 spiro atoms. The Morgan fingerprint density at radius 3 is 2.36 bits per heavy atom. The molecule has 42 heavy (non-hydrogen) atoms. The molecule has 1 N–H and O–H groups in total. The first-order valence-electron chi connectivity index (χ1n) is 13.1. The van der Waals surface area contributed by atoms with E-state index in [9.17, 15) is 18.4 Å². The van der Waals surface area contributed by atoms with Crippen LogP contribution in [0.5, 0.6) is 0 Å². The van der Waals surface area contributed by atoms with Crippen LogP contribution in [0.3, 0.4) is 0 Å². The second kappa shape index (κ2) is 11.3. The Balaban J connectivity index is 1.30. The summed E-state index contributed by atoms with van der Waals surface area (Å²) >= 11 is 6.81. The third kappa shape index (κ3) is 5.36. The van der Waals surface area contributed by atoms with Crippen molar-refractivity contribution in [3.8, 4) is 0 Å². The summed E-state index contributed by atoms with van der Waals surface area (Å²) in [6, 6.07) is 26.5. The average molecular weight is 596 g/mol. The fourth-order valence-electron chi connectivity index (χ4n) is 4.96. The first-order chi connectivity index (χ1) is 20.3. The summed E-state index contributed by atoms with van der Waals surface area (Å²) < 4.78 is 29.2. The highest BCUT2D eigenvalue weighted by Gasteiger charge is 2.34. The number of thiocarbonyl (C=S) groups is 1. The molecule has 0 saturated carbocycles. The zero-order valence-electron chi connectivity index (χ0n) is 22.3. The topological polar surface area (TPSA) is 54.3 Å². The minimum atomic E-state index is -0.398. The second-order valence-electron chi connectivity index (χ2n) is 9.76. The van der Waals surface area contributed by atoms with Gasteiger partial charge >= 0.3 is 0 Å². The Kier molecular flexibility index (Phi) is 7.45. The van der Waals surface area contributed by atoms with Gasteiger partial charge in [0.2, 0.25) is 0 Å². The number of carbonyl (C=O) groups is 2.